The molecule has 32 heavy (non-hydrogen) atoms. The van der Waals surface area contributed by atoms with Crippen LogP contribution in [0.1, 0.15) is 49.0 Å². The van der Waals surface area contributed by atoms with Crippen molar-refractivity contribution < 1.29 is 14.3 Å². The van der Waals surface area contributed by atoms with Gasteiger partial charge in [0.15, 0.2) is 6.10 Å². The Kier molecular flexibility index (Phi) is 7.66. The third-order valence-electron chi connectivity index (χ3n) is 5.58. The number of para-hydroxylation sites is 2. The zero-order chi connectivity index (χ0) is 23.1. The molecule has 0 saturated heterocycles. The number of hydrogen-bond donors (Lipinski definition) is 1. The molecular weight excluding hydrogens is 400 g/mol. The van der Waals surface area contributed by atoms with E-state index in [2.05, 4.69) is 19.2 Å². The van der Waals surface area contributed by atoms with E-state index in [0.717, 1.165) is 23.4 Å². The van der Waals surface area contributed by atoms with E-state index < -0.39 is 6.10 Å². The molecule has 0 aliphatic heterocycles. The monoisotopic (exact) mass is 430 g/mol. The van der Waals surface area contributed by atoms with Gasteiger partial charge in [-0.25, -0.2) is 0 Å². The molecule has 0 fully saturated rings. The summed E-state index contributed by atoms with van der Waals surface area (Å²) in [6.45, 7) is 6.00. The Morgan fingerprint density at radius 3 is 2.19 bits per heavy atom. The van der Waals surface area contributed by atoms with Crippen molar-refractivity contribution in [3.8, 4) is 5.75 Å². The van der Waals surface area contributed by atoms with E-state index in [9.17, 15) is 9.59 Å². The first-order valence-corrected chi connectivity index (χ1v) is 10.9. The molecule has 3 aromatic carbocycles. The highest BCUT2D eigenvalue weighted by atomic mass is 16.5. The Morgan fingerprint density at radius 1 is 0.906 bits per heavy atom. The summed E-state index contributed by atoms with van der Waals surface area (Å²) in [6.07, 6.45) is 0.330. The predicted octanol–water partition coefficient (Wildman–Crippen LogP) is 5.88. The van der Waals surface area contributed by atoms with Crippen molar-refractivity contribution in [1.82, 2.24) is 0 Å². The molecule has 0 radical (unpaired) electrons. The number of carbonyl (C=O) groups is 2. The second-order valence-corrected chi connectivity index (χ2v) is 7.87. The van der Waals surface area contributed by atoms with Crippen molar-refractivity contribution >= 4 is 23.2 Å². The summed E-state index contributed by atoms with van der Waals surface area (Å²) < 4.78 is 5.97. The average molecular weight is 431 g/mol. The van der Waals surface area contributed by atoms with Crippen molar-refractivity contribution in [3.63, 3.8) is 0 Å². The van der Waals surface area contributed by atoms with Gasteiger partial charge >= 0.3 is 0 Å². The highest BCUT2D eigenvalue weighted by Crippen LogP contribution is 2.29. The molecule has 0 saturated carbocycles. The van der Waals surface area contributed by atoms with E-state index in [1.165, 1.54) is 0 Å². The first-order chi connectivity index (χ1) is 15.4. The summed E-state index contributed by atoms with van der Waals surface area (Å²) in [7, 11) is 1.74. The van der Waals surface area contributed by atoms with Gasteiger partial charge < -0.3 is 15.0 Å². The number of carbonyl (C=O) groups excluding carboxylic acids is 2. The minimum atomic E-state index is -0.661. The molecule has 166 valence electrons. The number of nitrogens with zero attached hydrogens (tertiary/aromatic N) is 1. The number of amides is 2. The van der Waals surface area contributed by atoms with Crippen LogP contribution in [0.3, 0.4) is 0 Å². The molecule has 5 nitrogen and oxygen atoms in total. The third kappa shape index (κ3) is 5.55. The third-order valence-corrected chi connectivity index (χ3v) is 5.58. The van der Waals surface area contributed by atoms with Crippen LogP contribution in [0.5, 0.6) is 5.75 Å². The minimum Gasteiger partial charge on any atom is -0.481 e. The van der Waals surface area contributed by atoms with Crippen LogP contribution < -0.4 is 15.0 Å². The van der Waals surface area contributed by atoms with Crippen molar-refractivity contribution in [1.29, 1.82) is 0 Å². The Morgan fingerprint density at radius 2 is 1.53 bits per heavy atom. The Balaban J connectivity index is 1.63. The van der Waals surface area contributed by atoms with Gasteiger partial charge in [-0.15, -0.1) is 0 Å². The van der Waals surface area contributed by atoms with Crippen LogP contribution in [0.2, 0.25) is 0 Å². The smallest absolute Gasteiger partial charge is 0.265 e. The van der Waals surface area contributed by atoms with Gasteiger partial charge in [-0.05, 0) is 67.3 Å². The van der Waals surface area contributed by atoms with Gasteiger partial charge in [0.2, 0.25) is 0 Å². The summed E-state index contributed by atoms with van der Waals surface area (Å²) >= 11 is 0. The van der Waals surface area contributed by atoms with Crippen LogP contribution in [0.15, 0.2) is 78.9 Å². The van der Waals surface area contributed by atoms with Crippen LogP contribution in [0.4, 0.5) is 11.4 Å². The van der Waals surface area contributed by atoms with E-state index >= 15 is 0 Å². The van der Waals surface area contributed by atoms with Gasteiger partial charge in [-0.3, -0.25) is 9.59 Å². The zero-order valence-electron chi connectivity index (χ0n) is 19.0. The van der Waals surface area contributed by atoms with Crippen LogP contribution >= 0.6 is 0 Å². The molecule has 0 bridgehead atoms. The lowest BCUT2D eigenvalue weighted by atomic mass is 9.98. The summed E-state index contributed by atoms with van der Waals surface area (Å²) in [5.74, 6) is 0.715. The first-order valence-electron chi connectivity index (χ1n) is 10.9. The molecule has 1 N–H and O–H groups in total. The molecule has 3 rings (SSSR count). The van der Waals surface area contributed by atoms with E-state index in [4.69, 9.17) is 4.74 Å². The van der Waals surface area contributed by atoms with Gasteiger partial charge in [0.05, 0.1) is 0 Å². The molecule has 0 heterocycles. The lowest BCUT2D eigenvalue weighted by Crippen LogP contribution is -2.30. The maximum atomic E-state index is 12.7. The van der Waals surface area contributed by atoms with E-state index in [1.54, 1.807) is 43.1 Å². The summed E-state index contributed by atoms with van der Waals surface area (Å²) in [5.41, 5.74) is 3.07. The number of nitrogens with one attached hydrogen (secondary N) is 1. The van der Waals surface area contributed by atoms with Crippen molar-refractivity contribution in [2.75, 3.05) is 17.3 Å². The van der Waals surface area contributed by atoms with E-state index in [0.29, 0.717) is 17.2 Å². The Labute approximate surface area is 190 Å². The fourth-order valence-corrected chi connectivity index (χ4v) is 3.36. The fourth-order valence-electron chi connectivity index (χ4n) is 3.36. The highest BCUT2D eigenvalue weighted by Gasteiger charge is 2.19. The van der Waals surface area contributed by atoms with Gasteiger partial charge in [-0.1, -0.05) is 50.2 Å². The fraction of sp³-hybridized carbons (Fsp3) is 0.259. The van der Waals surface area contributed by atoms with Gasteiger partial charge in [0.1, 0.15) is 5.75 Å². The lowest BCUT2D eigenvalue weighted by Gasteiger charge is -2.20. The molecule has 0 aliphatic rings. The Hall–Kier alpha value is -3.60. The van der Waals surface area contributed by atoms with E-state index in [-0.39, 0.29) is 11.8 Å². The number of benzene rings is 3. The zero-order valence-corrected chi connectivity index (χ0v) is 19.0. The molecule has 0 aromatic heterocycles. The quantitative estimate of drug-likeness (QED) is 0.485. The van der Waals surface area contributed by atoms with Gasteiger partial charge in [0, 0.05) is 24.0 Å². The van der Waals surface area contributed by atoms with Crippen LogP contribution in [-0.2, 0) is 4.79 Å². The number of rotatable bonds is 8. The van der Waals surface area contributed by atoms with Crippen LogP contribution in [0.25, 0.3) is 0 Å². The molecule has 0 aliphatic carbocycles. The second-order valence-electron chi connectivity index (χ2n) is 7.87. The highest BCUT2D eigenvalue weighted by molar-refractivity contribution is 6.06. The molecule has 2 atom stereocenters. The largest absolute Gasteiger partial charge is 0.481 e. The summed E-state index contributed by atoms with van der Waals surface area (Å²) in [5, 5.41) is 2.86. The molecular formula is C27H30N2O3. The van der Waals surface area contributed by atoms with Gasteiger partial charge in [-0.2, -0.15) is 0 Å². The molecule has 3 aromatic rings. The summed E-state index contributed by atoms with van der Waals surface area (Å²) in [4.78, 5) is 27.0. The maximum Gasteiger partial charge on any atom is 0.265 e. The van der Waals surface area contributed by atoms with E-state index in [1.807, 2.05) is 54.6 Å². The molecule has 2 amide bonds. The summed E-state index contributed by atoms with van der Waals surface area (Å²) in [6, 6.07) is 24.2. The molecule has 0 spiro atoms. The van der Waals surface area contributed by atoms with Gasteiger partial charge in [0.25, 0.3) is 11.8 Å². The topological polar surface area (TPSA) is 58.6 Å². The standard InChI is InChI=1S/C27H30N2O3/c1-5-19(2)24-13-9-10-14-25(24)32-20(3)26(30)28-22-17-15-21(16-18-22)27(31)29(4)23-11-7-6-8-12-23/h6-20H,5H2,1-4H3,(H,28,30). The second kappa shape index (κ2) is 10.6. The average Bonchev–Trinajstić information content (AvgIpc) is 2.84. The Bertz CT molecular complexity index is 1050. The normalized spacial score (nSPS) is 12.5. The number of anilines is 2. The number of ether oxygens (including phenoxy) is 1. The van der Waals surface area contributed by atoms with Crippen molar-refractivity contribution in [2.24, 2.45) is 0 Å². The van der Waals surface area contributed by atoms with Crippen LogP contribution in [0, 0.1) is 0 Å². The molecule has 5 heteroatoms. The molecule has 2 unspecified atom stereocenters. The predicted molar refractivity (Wildman–Crippen MR) is 129 cm³/mol. The number of hydrogen-bond acceptors (Lipinski definition) is 3. The van der Waals surface area contributed by atoms with Crippen molar-refractivity contribution in [2.45, 2.75) is 39.2 Å². The van der Waals surface area contributed by atoms with Crippen molar-refractivity contribution in [3.05, 3.63) is 90.0 Å². The first kappa shape index (κ1) is 23.1. The SMILES string of the molecule is CCC(C)c1ccccc1OC(C)C(=O)Nc1ccc(C(=O)N(C)c2ccccc2)cc1. The maximum absolute atomic E-state index is 12.7. The van der Waals surface area contributed by atoms with Crippen LogP contribution in [-0.4, -0.2) is 25.0 Å². The minimum absolute atomic E-state index is 0.118. The lowest BCUT2D eigenvalue weighted by molar-refractivity contribution is -0.122.